The Morgan fingerprint density at radius 2 is 2.15 bits per heavy atom. The molecule has 2 heterocycles. The lowest BCUT2D eigenvalue weighted by Gasteiger charge is -2.31. The van der Waals surface area contributed by atoms with Gasteiger partial charge < -0.3 is 10.2 Å². The molecule has 0 amide bonds. The zero-order valence-electron chi connectivity index (χ0n) is 12.2. The Kier molecular flexibility index (Phi) is 3.83. The van der Waals surface area contributed by atoms with E-state index in [1.54, 1.807) is 6.33 Å². The summed E-state index contributed by atoms with van der Waals surface area (Å²) in [6.07, 6.45) is 4.21. The molecule has 2 aromatic rings. The molecule has 0 aliphatic carbocycles. The number of anilines is 1. The maximum Gasteiger partial charge on any atom is 0.140 e. The van der Waals surface area contributed by atoms with Gasteiger partial charge in [-0.2, -0.15) is 0 Å². The molecule has 1 aliphatic heterocycles. The van der Waals surface area contributed by atoms with Gasteiger partial charge in [0.25, 0.3) is 0 Å². The van der Waals surface area contributed by atoms with Crippen LogP contribution in [0.4, 0.5) is 5.82 Å². The summed E-state index contributed by atoms with van der Waals surface area (Å²) in [5.74, 6) is 1.05. The first-order chi connectivity index (χ1) is 9.75. The van der Waals surface area contributed by atoms with Gasteiger partial charge in [-0.1, -0.05) is 12.1 Å². The van der Waals surface area contributed by atoms with Crippen LogP contribution in [0.5, 0.6) is 0 Å². The third-order valence-electron chi connectivity index (χ3n) is 4.00. The maximum atomic E-state index is 4.56. The van der Waals surface area contributed by atoms with Crippen molar-refractivity contribution in [2.45, 2.75) is 38.8 Å². The summed E-state index contributed by atoms with van der Waals surface area (Å²) in [5.41, 5.74) is 1.02. The van der Waals surface area contributed by atoms with Gasteiger partial charge in [0.2, 0.25) is 0 Å². The minimum Gasteiger partial charge on any atom is -0.352 e. The predicted octanol–water partition coefficient (Wildman–Crippen LogP) is 2.60. The Hall–Kier alpha value is -1.68. The van der Waals surface area contributed by atoms with Crippen molar-refractivity contribution in [3.05, 3.63) is 30.6 Å². The lowest BCUT2D eigenvalue weighted by molar-refractivity contribution is 0.550. The van der Waals surface area contributed by atoms with E-state index in [9.17, 15) is 0 Å². The molecule has 1 aromatic carbocycles. The van der Waals surface area contributed by atoms with Crippen LogP contribution >= 0.6 is 0 Å². The molecule has 1 aromatic heterocycles. The van der Waals surface area contributed by atoms with Crippen LogP contribution in [0.25, 0.3) is 10.9 Å². The number of nitrogens with one attached hydrogen (secondary N) is 1. The van der Waals surface area contributed by atoms with Crippen LogP contribution in [-0.4, -0.2) is 35.1 Å². The molecule has 4 nitrogen and oxygen atoms in total. The van der Waals surface area contributed by atoms with Crippen LogP contribution in [0.15, 0.2) is 30.6 Å². The molecule has 1 N–H and O–H groups in total. The van der Waals surface area contributed by atoms with E-state index in [0.717, 1.165) is 29.8 Å². The highest BCUT2D eigenvalue weighted by atomic mass is 15.2. The summed E-state index contributed by atoms with van der Waals surface area (Å²) in [6, 6.07) is 9.25. The minimum absolute atomic E-state index is 0.427. The second kappa shape index (κ2) is 5.75. The van der Waals surface area contributed by atoms with Crippen molar-refractivity contribution in [1.29, 1.82) is 0 Å². The molecule has 0 saturated carbocycles. The minimum atomic E-state index is 0.427. The molecule has 106 valence electrons. The lowest BCUT2D eigenvalue weighted by Crippen LogP contribution is -2.41. The molecular formula is C16H22N4. The van der Waals surface area contributed by atoms with E-state index in [-0.39, 0.29) is 0 Å². The highest BCUT2D eigenvalue weighted by molar-refractivity contribution is 5.89. The molecule has 0 radical (unpaired) electrons. The quantitative estimate of drug-likeness (QED) is 0.927. The number of rotatable bonds is 4. The van der Waals surface area contributed by atoms with Gasteiger partial charge in [-0.05, 0) is 45.4 Å². The number of hydrogen-bond donors (Lipinski definition) is 1. The maximum absolute atomic E-state index is 4.56. The normalized spacial score (nSPS) is 18.9. The topological polar surface area (TPSA) is 41.0 Å². The van der Waals surface area contributed by atoms with Crippen LogP contribution in [0.2, 0.25) is 0 Å². The monoisotopic (exact) mass is 270 g/mol. The third-order valence-corrected chi connectivity index (χ3v) is 4.00. The molecule has 1 fully saturated rings. The highest BCUT2D eigenvalue weighted by Crippen LogP contribution is 2.25. The van der Waals surface area contributed by atoms with Crippen molar-refractivity contribution < 1.29 is 0 Å². The first kappa shape index (κ1) is 13.3. The summed E-state index contributed by atoms with van der Waals surface area (Å²) in [4.78, 5) is 11.3. The third kappa shape index (κ3) is 2.61. The number of benzene rings is 1. The van der Waals surface area contributed by atoms with Gasteiger partial charge in [0.05, 0.1) is 5.52 Å². The second-order valence-electron chi connectivity index (χ2n) is 5.75. The molecule has 4 heteroatoms. The van der Waals surface area contributed by atoms with Crippen LogP contribution in [0.3, 0.4) is 0 Å². The standard InChI is InChI=1S/C16H22N4/c1-12(2)20(10-13-6-5-9-17-13)16-14-7-3-4-8-15(14)18-11-19-16/h3-4,7-8,11-13,17H,5-6,9-10H2,1-2H3. The van der Waals surface area contributed by atoms with Crippen LogP contribution in [0, 0.1) is 0 Å². The number of fused-ring (bicyclic) bond motifs is 1. The largest absolute Gasteiger partial charge is 0.352 e. The van der Waals surface area contributed by atoms with Crippen LogP contribution in [-0.2, 0) is 0 Å². The van der Waals surface area contributed by atoms with E-state index in [1.165, 1.54) is 12.8 Å². The van der Waals surface area contributed by atoms with E-state index in [0.29, 0.717) is 12.1 Å². The summed E-state index contributed by atoms with van der Waals surface area (Å²) in [7, 11) is 0. The van der Waals surface area contributed by atoms with Gasteiger partial charge in [-0.3, -0.25) is 0 Å². The van der Waals surface area contributed by atoms with Crippen molar-refractivity contribution in [2.75, 3.05) is 18.0 Å². The van der Waals surface area contributed by atoms with Crippen LogP contribution in [0.1, 0.15) is 26.7 Å². The van der Waals surface area contributed by atoms with Crippen LogP contribution < -0.4 is 10.2 Å². The van der Waals surface area contributed by atoms with Gasteiger partial charge in [-0.15, -0.1) is 0 Å². The van der Waals surface area contributed by atoms with Gasteiger partial charge >= 0.3 is 0 Å². The molecule has 20 heavy (non-hydrogen) atoms. The number of aromatic nitrogens is 2. The lowest BCUT2D eigenvalue weighted by atomic mass is 10.1. The molecule has 0 bridgehead atoms. The van der Waals surface area contributed by atoms with Crippen molar-refractivity contribution in [3.8, 4) is 0 Å². The number of hydrogen-bond acceptors (Lipinski definition) is 4. The summed E-state index contributed by atoms with van der Waals surface area (Å²) in [6.45, 7) is 6.61. The Balaban J connectivity index is 1.96. The summed E-state index contributed by atoms with van der Waals surface area (Å²) < 4.78 is 0. The fourth-order valence-electron chi connectivity index (χ4n) is 2.91. The van der Waals surface area contributed by atoms with Gasteiger partial charge in [0.15, 0.2) is 0 Å². The first-order valence-corrected chi connectivity index (χ1v) is 7.45. The zero-order valence-corrected chi connectivity index (χ0v) is 12.2. The fraction of sp³-hybridized carbons (Fsp3) is 0.500. The summed E-state index contributed by atoms with van der Waals surface area (Å²) in [5, 5.41) is 4.72. The van der Waals surface area contributed by atoms with Crippen molar-refractivity contribution in [1.82, 2.24) is 15.3 Å². The predicted molar refractivity (Wildman–Crippen MR) is 83.0 cm³/mol. The zero-order chi connectivity index (χ0) is 13.9. The molecule has 1 aliphatic rings. The van der Waals surface area contributed by atoms with E-state index in [4.69, 9.17) is 0 Å². The average Bonchev–Trinajstić information content (AvgIpc) is 2.97. The summed E-state index contributed by atoms with van der Waals surface area (Å²) >= 11 is 0. The van der Waals surface area contributed by atoms with Crippen molar-refractivity contribution in [2.24, 2.45) is 0 Å². The Morgan fingerprint density at radius 3 is 2.90 bits per heavy atom. The van der Waals surface area contributed by atoms with Gasteiger partial charge in [-0.25, -0.2) is 9.97 Å². The van der Waals surface area contributed by atoms with E-state index < -0.39 is 0 Å². The molecule has 1 saturated heterocycles. The average molecular weight is 270 g/mol. The highest BCUT2D eigenvalue weighted by Gasteiger charge is 2.22. The smallest absolute Gasteiger partial charge is 0.140 e. The van der Waals surface area contributed by atoms with Gasteiger partial charge in [0, 0.05) is 24.0 Å². The molecule has 3 rings (SSSR count). The number of nitrogens with zero attached hydrogens (tertiary/aromatic N) is 3. The molecule has 0 spiro atoms. The SMILES string of the molecule is CC(C)N(CC1CCCN1)c1ncnc2ccccc12. The van der Waals surface area contributed by atoms with E-state index in [1.807, 2.05) is 12.1 Å². The fourth-order valence-corrected chi connectivity index (χ4v) is 2.91. The second-order valence-corrected chi connectivity index (χ2v) is 5.75. The molecule has 1 atom stereocenters. The van der Waals surface area contributed by atoms with E-state index in [2.05, 4.69) is 46.2 Å². The Labute approximate surface area is 120 Å². The number of para-hydroxylation sites is 1. The van der Waals surface area contributed by atoms with Gasteiger partial charge in [0.1, 0.15) is 12.1 Å². The van der Waals surface area contributed by atoms with E-state index >= 15 is 0 Å². The molecule has 1 unspecified atom stereocenters. The first-order valence-electron chi connectivity index (χ1n) is 7.45. The van der Waals surface area contributed by atoms with Crippen molar-refractivity contribution in [3.63, 3.8) is 0 Å². The van der Waals surface area contributed by atoms with Crippen molar-refractivity contribution >= 4 is 16.7 Å². The Morgan fingerprint density at radius 1 is 1.30 bits per heavy atom. The molecular weight excluding hydrogens is 248 g/mol. The Bertz CT molecular complexity index is 570.